The number of benzene rings is 1. The third-order valence-electron chi connectivity index (χ3n) is 4.56. The maximum absolute atomic E-state index is 13.0. The maximum atomic E-state index is 13.0. The van der Waals surface area contributed by atoms with E-state index in [1.807, 2.05) is 0 Å². The molecule has 10 heteroatoms. The Morgan fingerprint density at radius 1 is 1.17 bits per heavy atom. The lowest BCUT2D eigenvalue weighted by atomic mass is 10.1. The Morgan fingerprint density at radius 3 is 2.34 bits per heavy atom. The Bertz CT molecular complexity index is 903. The molecule has 2 rings (SSSR count). The summed E-state index contributed by atoms with van der Waals surface area (Å²) in [5.74, 6) is 4.31. The van der Waals surface area contributed by atoms with Gasteiger partial charge in [-0.15, -0.1) is 0 Å². The van der Waals surface area contributed by atoms with E-state index in [-0.39, 0.29) is 30.5 Å². The van der Waals surface area contributed by atoms with E-state index in [9.17, 15) is 23.1 Å². The van der Waals surface area contributed by atoms with Crippen LogP contribution >= 0.6 is 0 Å². The number of nitrogens with zero attached hydrogens (tertiary/aromatic N) is 2. The average Bonchev–Trinajstić information content (AvgIpc) is 2.67. The lowest BCUT2D eigenvalue weighted by Crippen LogP contribution is -2.63. The zero-order valence-electron chi connectivity index (χ0n) is 16.5. The molecule has 2 atom stereocenters. The van der Waals surface area contributed by atoms with Crippen LogP contribution in [0.15, 0.2) is 29.2 Å². The number of rotatable bonds is 6. The number of carbonyl (C=O) groups excluding carboxylic acids is 1. The summed E-state index contributed by atoms with van der Waals surface area (Å²) >= 11 is 0. The van der Waals surface area contributed by atoms with Crippen LogP contribution in [0.1, 0.15) is 13.8 Å². The molecule has 0 radical (unpaired) electrons. The van der Waals surface area contributed by atoms with Gasteiger partial charge in [0.1, 0.15) is 25.0 Å². The molecule has 0 bridgehead atoms. The minimum Gasteiger partial charge on any atom is -0.481 e. The van der Waals surface area contributed by atoms with Crippen molar-refractivity contribution in [2.75, 3.05) is 33.4 Å². The fourth-order valence-corrected chi connectivity index (χ4v) is 4.78. The molecule has 1 fully saturated rings. The number of hydrogen-bond acceptors (Lipinski definition) is 6. The molecule has 29 heavy (non-hydrogen) atoms. The highest BCUT2D eigenvalue weighted by Gasteiger charge is 2.45. The Hall–Kier alpha value is -2.61. The molecular weight excluding hydrogens is 400 g/mol. The van der Waals surface area contributed by atoms with E-state index in [0.717, 1.165) is 4.31 Å². The van der Waals surface area contributed by atoms with Gasteiger partial charge in [-0.1, -0.05) is 11.8 Å². The quantitative estimate of drug-likeness (QED) is 0.658. The normalized spacial score (nSPS) is 19.9. The van der Waals surface area contributed by atoms with Crippen molar-refractivity contribution < 1.29 is 32.6 Å². The van der Waals surface area contributed by atoms with Crippen LogP contribution in [0.5, 0.6) is 5.75 Å². The molecule has 1 aliphatic heterocycles. The lowest BCUT2D eigenvalue weighted by molar-refractivity contribution is -0.148. The Kier molecular flexibility index (Phi) is 7.61. The second kappa shape index (κ2) is 9.73. The van der Waals surface area contributed by atoms with Crippen LogP contribution in [0.3, 0.4) is 0 Å². The van der Waals surface area contributed by atoms with Gasteiger partial charge in [0.05, 0.1) is 10.9 Å². The van der Waals surface area contributed by atoms with E-state index < -0.39 is 28.1 Å². The van der Waals surface area contributed by atoms with Crippen molar-refractivity contribution in [2.45, 2.75) is 30.8 Å². The van der Waals surface area contributed by atoms with Crippen LogP contribution < -0.4 is 4.74 Å². The molecule has 1 N–H and O–H groups in total. The third-order valence-corrected chi connectivity index (χ3v) is 6.46. The molecule has 0 aliphatic carbocycles. The number of carboxylic acids is 1. The van der Waals surface area contributed by atoms with E-state index in [1.165, 1.54) is 50.1 Å². The van der Waals surface area contributed by atoms with Crippen molar-refractivity contribution in [2.24, 2.45) is 0 Å². The molecule has 1 saturated heterocycles. The summed E-state index contributed by atoms with van der Waals surface area (Å²) < 4.78 is 37.2. The number of carboxylic acid groups (broad SMARTS) is 1. The number of ether oxygens (including phenoxy) is 2. The van der Waals surface area contributed by atoms with Gasteiger partial charge in [-0.25, -0.2) is 8.42 Å². The minimum atomic E-state index is -4.07. The topological polar surface area (TPSA) is 113 Å². The molecule has 2 unspecified atom stereocenters. The average molecular weight is 424 g/mol. The monoisotopic (exact) mass is 424 g/mol. The summed E-state index contributed by atoms with van der Waals surface area (Å²) in [4.78, 5) is 24.8. The van der Waals surface area contributed by atoms with Crippen molar-refractivity contribution in [1.29, 1.82) is 0 Å². The Balaban J connectivity index is 2.20. The van der Waals surface area contributed by atoms with Crippen LogP contribution in [0.4, 0.5) is 0 Å². The lowest BCUT2D eigenvalue weighted by Gasteiger charge is -2.43. The summed E-state index contributed by atoms with van der Waals surface area (Å²) in [7, 11) is -2.54. The largest absolute Gasteiger partial charge is 0.481 e. The van der Waals surface area contributed by atoms with E-state index in [0.29, 0.717) is 12.4 Å². The number of carbonyl (C=O) groups is 2. The van der Waals surface area contributed by atoms with Gasteiger partial charge < -0.3 is 19.5 Å². The molecule has 1 aromatic rings. The first kappa shape index (κ1) is 22.7. The molecule has 0 spiro atoms. The standard InChI is InChI=1S/C19H24N2O7S/c1-14-18(19(23)24)21(11-10-20(14)15(2)22)29(25,26)17-8-6-16(7-9-17)28-13-5-4-12-27-3/h6-9,14,18H,10-13H2,1-3H3,(H,23,24). The first-order chi connectivity index (χ1) is 13.7. The van der Waals surface area contributed by atoms with Gasteiger partial charge in [-0.05, 0) is 31.2 Å². The predicted molar refractivity (Wildman–Crippen MR) is 104 cm³/mol. The van der Waals surface area contributed by atoms with E-state index in [4.69, 9.17) is 9.47 Å². The highest BCUT2D eigenvalue weighted by atomic mass is 32.2. The van der Waals surface area contributed by atoms with Crippen molar-refractivity contribution >= 4 is 21.9 Å². The number of hydrogen-bond donors (Lipinski definition) is 1. The predicted octanol–water partition coefficient (Wildman–Crippen LogP) is 0.410. The van der Waals surface area contributed by atoms with Crippen LogP contribution in [0, 0.1) is 11.8 Å². The van der Waals surface area contributed by atoms with Crippen LogP contribution in [-0.2, 0) is 24.3 Å². The van der Waals surface area contributed by atoms with Gasteiger partial charge in [-0.2, -0.15) is 4.31 Å². The van der Waals surface area contributed by atoms with Crippen molar-refractivity contribution in [1.82, 2.24) is 9.21 Å². The smallest absolute Gasteiger partial charge is 0.324 e. The number of amides is 1. The molecular formula is C19H24N2O7S. The van der Waals surface area contributed by atoms with E-state index in [1.54, 1.807) is 0 Å². The summed E-state index contributed by atoms with van der Waals surface area (Å²) in [6.45, 7) is 3.31. The fourth-order valence-electron chi connectivity index (χ4n) is 3.14. The van der Waals surface area contributed by atoms with Gasteiger partial charge in [0.15, 0.2) is 0 Å². The SMILES string of the molecule is COCC#CCOc1ccc(S(=O)(=O)N2CCN(C(C)=O)C(C)C2C(=O)O)cc1. The van der Waals surface area contributed by atoms with Crippen molar-refractivity contribution in [3.63, 3.8) is 0 Å². The van der Waals surface area contributed by atoms with E-state index >= 15 is 0 Å². The zero-order chi connectivity index (χ0) is 21.6. The molecule has 9 nitrogen and oxygen atoms in total. The molecule has 1 aliphatic rings. The van der Waals surface area contributed by atoms with E-state index in [2.05, 4.69) is 11.8 Å². The highest BCUT2D eigenvalue weighted by molar-refractivity contribution is 7.89. The van der Waals surface area contributed by atoms with Crippen LogP contribution in [0.25, 0.3) is 0 Å². The number of sulfonamides is 1. The third kappa shape index (κ3) is 5.26. The summed E-state index contributed by atoms with van der Waals surface area (Å²) in [6, 6.07) is 3.51. The Morgan fingerprint density at radius 2 is 1.79 bits per heavy atom. The maximum Gasteiger partial charge on any atom is 0.324 e. The van der Waals surface area contributed by atoms with Crippen molar-refractivity contribution in [3.05, 3.63) is 24.3 Å². The molecule has 158 valence electrons. The molecule has 0 saturated carbocycles. The van der Waals surface area contributed by atoms with Gasteiger partial charge in [0.2, 0.25) is 15.9 Å². The molecule has 1 aromatic carbocycles. The van der Waals surface area contributed by atoms with Crippen LogP contribution in [-0.4, -0.2) is 80.1 Å². The van der Waals surface area contributed by atoms with Gasteiger partial charge in [0.25, 0.3) is 0 Å². The number of piperazine rings is 1. The fraction of sp³-hybridized carbons (Fsp3) is 0.474. The summed E-state index contributed by atoms with van der Waals surface area (Å²) in [5, 5.41) is 9.61. The molecule has 1 amide bonds. The minimum absolute atomic E-state index is 0.0509. The Labute approximate surface area is 170 Å². The highest BCUT2D eigenvalue weighted by Crippen LogP contribution is 2.26. The first-order valence-corrected chi connectivity index (χ1v) is 10.3. The summed E-state index contributed by atoms with van der Waals surface area (Å²) in [6.07, 6.45) is 0. The zero-order valence-corrected chi connectivity index (χ0v) is 17.3. The van der Waals surface area contributed by atoms with Gasteiger partial charge in [-0.3, -0.25) is 9.59 Å². The molecule has 0 aromatic heterocycles. The van der Waals surface area contributed by atoms with Crippen LogP contribution in [0.2, 0.25) is 0 Å². The van der Waals surface area contributed by atoms with Crippen molar-refractivity contribution in [3.8, 4) is 17.6 Å². The number of methoxy groups -OCH3 is 1. The first-order valence-electron chi connectivity index (χ1n) is 8.89. The van der Waals surface area contributed by atoms with Gasteiger partial charge >= 0.3 is 5.97 Å². The summed E-state index contributed by atoms with van der Waals surface area (Å²) in [5.41, 5.74) is 0. The second-order valence-electron chi connectivity index (χ2n) is 6.40. The number of aliphatic carboxylic acids is 1. The second-order valence-corrected chi connectivity index (χ2v) is 8.29. The van der Waals surface area contributed by atoms with Gasteiger partial charge in [0, 0.05) is 27.1 Å². The molecule has 1 heterocycles.